The average molecular weight is 265 g/mol. The van der Waals surface area contributed by atoms with Crippen LogP contribution in [0.4, 0.5) is 0 Å². The highest BCUT2D eigenvalue weighted by molar-refractivity contribution is 5.43. The third-order valence-electron chi connectivity index (χ3n) is 4.65. The molecule has 0 N–H and O–H groups in total. The lowest BCUT2D eigenvalue weighted by Crippen LogP contribution is -2.38. The van der Waals surface area contributed by atoms with Crippen molar-refractivity contribution in [3.05, 3.63) is 22.8 Å². The number of hydrogen-bond acceptors (Lipinski definition) is 4. The molecule has 0 aromatic carbocycles. The van der Waals surface area contributed by atoms with Crippen LogP contribution in [0.3, 0.4) is 0 Å². The van der Waals surface area contributed by atoms with Crippen LogP contribution in [0.5, 0.6) is 0 Å². The van der Waals surface area contributed by atoms with Gasteiger partial charge in [-0.2, -0.15) is 0 Å². The first kappa shape index (κ1) is 12.9. The van der Waals surface area contributed by atoms with E-state index in [9.17, 15) is 0 Å². The normalized spacial score (nSPS) is 30.2. The molecule has 3 aliphatic rings. The molecule has 106 valence electrons. The Kier molecular flexibility index (Phi) is 3.44. The van der Waals surface area contributed by atoms with Crippen LogP contribution in [0.15, 0.2) is 22.8 Å². The van der Waals surface area contributed by atoms with Crippen LogP contribution >= 0.6 is 0 Å². The molecule has 0 amide bonds. The van der Waals surface area contributed by atoms with Crippen LogP contribution in [-0.2, 0) is 14.3 Å². The molecule has 0 aromatic rings. The molecule has 0 saturated heterocycles. The summed E-state index contributed by atoms with van der Waals surface area (Å²) < 4.78 is 11.5. The fourth-order valence-electron chi connectivity index (χ4n) is 3.68. The summed E-state index contributed by atoms with van der Waals surface area (Å²) >= 11 is 0. The zero-order chi connectivity index (χ0) is 13.4. The minimum absolute atomic E-state index is 0.654. The Morgan fingerprint density at radius 1 is 1.37 bits per heavy atom. The lowest BCUT2D eigenvalue weighted by molar-refractivity contribution is -0.142. The molecule has 0 bridgehead atoms. The van der Waals surface area contributed by atoms with E-state index in [4.69, 9.17) is 14.3 Å². The van der Waals surface area contributed by atoms with Crippen LogP contribution < -0.4 is 0 Å². The SMILES string of the molecule is CCC1CC2=C(OC)N(OC)CC3=C2C(CCO3)C1. The van der Waals surface area contributed by atoms with E-state index in [-0.39, 0.29) is 0 Å². The largest absolute Gasteiger partial charge is 0.496 e. The lowest BCUT2D eigenvalue weighted by Gasteiger charge is -2.43. The number of rotatable bonds is 3. The van der Waals surface area contributed by atoms with Crippen molar-refractivity contribution < 1.29 is 14.3 Å². The minimum Gasteiger partial charge on any atom is -0.496 e. The smallest absolute Gasteiger partial charge is 0.217 e. The van der Waals surface area contributed by atoms with Gasteiger partial charge in [-0.25, -0.2) is 5.06 Å². The first-order chi connectivity index (χ1) is 9.28. The molecule has 0 aromatic heterocycles. The Balaban J connectivity index is 2.05. The zero-order valence-corrected chi connectivity index (χ0v) is 12.1. The van der Waals surface area contributed by atoms with Crippen LogP contribution in [0, 0.1) is 11.8 Å². The highest BCUT2D eigenvalue weighted by Crippen LogP contribution is 2.47. The van der Waals surface area contributed by atoms with Crippen molar-refractivity contribution >= 4 is 0 Å². The second kappa shape index (κ2) is 5.08. The van der Waals surface area contributed by atoms with E-state index < -0.39 is 0 Å². The van der Waals surface area contributed by atoms with Crippen LogP contribution in [0.1, 0.15) is 32.6 Å². The number of hydroxylamine groups is 2. The van der Waals surface area contributed by atoms with E-state index >= 15 is 0 Å². The number of nitrogens with zero attached hydrogens (tertiary/aromatic N) is 1. The molecule has 1 fully saturated rings. The van der Waals surface area contributed by atoms with E-state index in [1.165, 1.54) is 24.0 Å². The zero-order valence-electron chi connectivity index (χ0n) is 12.1. The molecule has 3 rings (SSSR count). The van der Waals surface area contributed by atoms with Gasteiger partial charge in [0.05, 0.1) is 20.8 Å². The fraction of sp³-hybridized carbons (Fsp3) is 0.733. The van der Waals surface area contributed by atoms with Crippen molar-refractivity contribution in [1.82, 2.24) is 5.06 Å². The molecule has 0 spiro atoms. The molecule has 1 aliphatic carbocycles. The first-order valence-electron chi connectivity index (χ1n) is 7.23. The Labute approximate surface area is 115 Å². The van der Waals surface area contributed by atoms with Gasteiger partial charge in [-0.15, -0.1) is 0 Å². The van der Waals surface area contributed by atoms with Gasteiger partial charge >= 0.3 is 0 Å². The van der Waals surface area contributed by atoms with Crippen molar-refractivity contribution in [1.29, 1.82) is 0 Å². The van der Waals surface area contributed by atoms with Gasteiger partial charge in [0, 0.05) is 11.1 Å². The molecular weight excluding hydrogens is 242 g/mol. The van der Waals surface area contributed by atoms with E-state index in [2.05, 4.69) is 6.92 Å². The highest BCUT2D eigenvalue weighted by Gasteiger charge is 2.40. The standard InChI is InChI=1S/C15H23NO3/c1-4-10-7-11-5-6-19-13-9-16(18-3)15(17-2)12(8-10)14(11)13/h10-11H,4-9H2,1-3H3. The van der Waals surface area contributed by atoms with Crippen molar-refractivity contribution in [3.8, 4) is 0 Å². The molecule has 2 aliphatic heterocycles. The van der Waals surface area contributed by atoms with Crippen molar-refractivity contribution in [2.45, 2.75) is 32.6 Å². The number of hydrogen-bond donors (Lipinski definition) is 0. The fourth-order valence-corrected chi connectivity index (χ4v) is 3.68. The molecule has 4 heteroatoms. The summed E-state index contributed by atoms with van der Waals surface area (Å²) in [6.45, 7) is 3.79. The predicted molar refractivity (Wildman–Crippen MR) is 71.9 cm³/mol. The van der Waals surface area contributed by atoms with Crippen LogP contribution in [0.2, 0.25) is 0 Å². The minimum atomic E-state index is 0.654. The third kappa shape index (κ3) is 2.02. The van der Waals surface area contributed by atoms with Crippen molar-refractivity contribution in [3.63, 3.8) is 0 Å². The summed E-state index contributed by atoms with van der Waals surface area (Å²) in [6, 6.07) is 0. The summed E-state index contributed by atoms with van der Waals surface area (Å²) in [5.41, 5.74) is 2.73. The predicted octanol–water partition coefficient (Wildman–Crippen LogP) is 2.83. The van der Waals surface area contributed by atoms with Gasteiger partial charge in [-0.1, -0.05) is 13.3 Å². The molecule has 2 atom stereocenters. The Morgan fingerprint density at radius 2 is 2.21 bits per heavy atom. The molecule has 4 nitrogen and oxygen atoms in total. The molecule has 2 unspecified atom stereocenters. The molecule has 0 radical (unpaired) electrons. The van der Waals surface area contributed by atoms with E-state index in [1.54, 1.807) is 14.2 Å². The molecule has 19 heavy (non-hydrogen) atoms. The number of ether oxygens (including phenoxy) is 2. The quantitative estimate of drug-likeness (QED) is 0.785. The summed E-state index contributed by atoms with van der Waals surface area (Å²) in [7, 11) is 3.42. The Bertz CT molecular complexity index is 427. The van der Waals surface area contributed by atoms with Gasteiger partial charge < -0.3 is 9.47 Å². The monoisotopic (exact) mass is 265 g/mol. The van der Waals surface area contributed by atoms with Crippen molar-refractivity contribution in [2.75, 3.05) is 27.4 Å². The van der Waals surface area contributed by atoms with Crippen LogP contribution in [-0.4, -0.2) is 32.4 Å². The Morgan fingerprint density at radius 3 is 2.89 bits per heavy atom. The summed E-state index contributed by atoms with van der Waals surface area (Å²) in [5.74, 6) is 3.39. The second-order valence-electron chi connectivity index (χ2n) is 5.59. The topological polar surface area (TPSA) is 30.9 Å². The Hall–Kier alpha value is -1.16. The molecule has 2 heterocycles. The van der Waals surface area contributed by atoms with Gasteiger partial charge in [0.2, 0.25) is 5.88 Å². The molecular formula is C15H23NO3. The maximum absolute atomic E-state index is 5.88. The van der Waals surface area contributed by atoms with E-state index in [0.717, 1.165) is 37.0 Å². The van der Waals surface area contributed by atoms with Crippen LogP contribution in [0.25, 0.3) is 0 Å². The van der Waals surface area contributed by atoms with Gasteiger partial charge in [-0.3, -0.25) is 4.84 Å². The summed E-state index contributed by atoms with van der Waals surface area (Å²) in [4.78, 5) is 5.44. The lowest BCUT2D eigenvalue weighted by atomic mass is 9.71. The van der Waals surface area contributed by atoms with Gasteiger partial charge in [-0.05, 0) is 31.1 Å². The third-order valence-corrected chi connectivity index (χ3v) is 4.65. The van der Waals surface area contributed by atoms with Gasteiger partial charge in [0.25, 0.3) is 0 Å². The maximum Gasteiger partial charge on any atom is 0.217 e. The number of methoxy groups -OCH3 is 1. The van der Waals surface area contributed by atoms with Crippen molar-refractivity contribution in [2.24, 2.45) is 11.8 Å². The summed E-state index contributed by atoms with van der Waals surface area (Å²) in [5, 5.41) is 1.81. The first-order valence-corrected chi connectivity index (χ1v) is 7.23. The average Bonchev–Trinajstić information content (AvgIpc) is 2.46. The maximum atomic E-state index is 5.88. The summed E-state index contributed by atoms with van der Waals surface area (Å²) in [6.07, 6.45) is 4.75. The number of allylic oxidation sites excluding steroid dienone is 2. The van der Waals surface area contributed by atoms with E-state index in [1.807, 2.05) is 5.06 Å². The van der Waals surface area contributed by atoms with Gasteiger partial charge in [0.15, 0.2) is 0 Å². The van der Waals surface area contributed by atoms with Gasteiger partial charge in [0.1, 0.15) is 12.3 Å². The molecule has 1 saturated carbocycles. The van der Waals surface area contributed by atoms with E-state index in [0.29, 0.717) is 12.5 Å². The highest BCUT2D eigenvalue weighted by atomic mass is 16.7. The second-order valence-corrected chi connectivity index (χ2v) is 5.59.